The molecule has 142 valence electrons. The van der Waals surface area contributed by atoms with Crippen LogP contribution in [0.15, 0.2) is 103 Å². The van der Waals surface area contributed by atoms with Crippen LogP contribution in [-0.4, -0.2) is 0 Å². The molecule has 0 radical (unpaired) electrons. The van der Waals surface area contributed by atoms with E-state index in [1.54, 1.807) is 0 Å². The molecule has 0 saturated carbocycles. The Morgan fingerprint density at radius 2 is 0.931 bits per heavy atom. The smallest absolute Gasteiger partial charge is 0.0462 e. The number of rotatable bonds is 5. The third-order valence-corrected chi connectivity index (χ3v) is 4.89. The topological polar surface area (TPSA) is 3.24 Å². The molecule has 0 aliphatic carbocycles. The summed E-state index contributed by atoms with van der Waals surface area (Å²) in [5, 5.41) is 0. The minimum atomic E-state index is 1.14. The van der Waals surface area contributed by atoms with E-state index in [4.69, 9.17) is 0 Å². The fourth-order valence-electron chi connectivity index (χ4n) is 3.63. The van der Waals surface area contributed by atoms with E-state index in [0.717, 1.165) is 17.1 Å². The highest BCUT2D eigenvalue weighted by Gasteiger charge is 2.11. The number of anilines is 3. The molecule has 0 spiro atoms. The van der Waals surface area contributed by atoms with E-state index < -0.39 is 0 Å². The lowest BCUT2D eigenvalue weighted by molar-refractivity contribution is 1.28. The minimum Gasteiger partial charge on any atom is -0.311 e. The lowest BCUT2D eigenvalue weighted by Crippen LogP contribution is -2.09. The van der Waals surface area contributed by atoms with Gasteiger partial charge in [-0.25, -0.2) is 0 Å². The van der Waals surface area contributed by atoms with Crippen molar-refractivity contribution in [3.8, 4) is 0 Å². The lowest BCUT2D eigenvalue weighted by atomic mass is 10.1. The van der Waals surface area contributed by atoms with Crippen LogP contribution in [0.25, 0.3) is 12.2 Å². The second-order valence-electron chi connectivity index (χ2n) is 7.35. The maximum atomic E-state index is 2.28. The molecule has 0 aromatic heterocycles. The van der Waals surface area contributed by atoms with Crippen molar-refractivity contribution in [3.63, 3.8) is 0 Å². The molecule has 0 unspecified atom stereocenters. The van der Waals surface area contributed by atoms with Crippen LogP contribution in [0.3, 0.4) is 0 Å². The molecule has 4 aromatic carbocycles. The number of benzene rings is 4. The molecule has 4 rings (SSSR count). The van der Waals surface area contributed by atoms with Gasteiger partial charge in [-0.1, -0.05) is 90.0 Å². The first-order chi connectivity index (χ1) is 14.2. The average Bonchev–Trinajstić information content (AvgIpc) is 2.74. The zero-order valence-electron chi connectivity index (χ0n) is 16.9. The molecule has 4 aromatic rings. The lowest BCUT2D eigenvalue weighted by Gasteiger charge is -2.25. The number of para-hydroxylation sites is 2. The van der Waals surface area contributed by atoms with Gasteiger partial charge in [0.05, 0.1) is 0 Å². The molecule has 1 heteroatoms. The van der Waals surface area contributed by atoms with Gasteiger partial charge in [-0.2, -0.15) is 0 Å². The second-order valence-corrected chi connectivity index (χ2v) is 7.35. The Labute approximate surface area is 173 Å². The monoisotopic (exact) mass is 375 g/mol. The highest BCUT2D eigenvalue weighted by atomic mass is 15.1. The van der Waals surface area contributed by atoms with Crippen molar-refractivity contribution in [2.45, 2.75) is 13.8 Å². The molecule has 0 amide bonds. The summed E-state index contributed by atoms with van der Waals surface area (Å²) < 4.78 is 0. The first-order valence-corrected chi connectivity index (χ1v) is 9.96. The van der Waals surface area contributed by atoms with Crippen molar-refractivity contribution < 1.29 is 0 Å². The standard InChI is InChI=1S/C28H25N/c1-22-19-23(2)21-25(20-22)14-13-24-15-17-28(18-16-24)29(26-9-5-3-6-10-26)27-11-7-4-8-12-27/h3-21H,1-2H3. The summed E-state index contributed by atoms with van der Waals surface area (Å²) in [6, 6.07) is 36.3. The minimum absolute atomic E-state index is 1.14. The van der Waals surface area contributed by atoms with E-state index in [9.17, 15) is 0 Å². The predicted octanol–water partition coefficient (Wildman–Crippen LogP) is 7.94. The van der Waals surface area contributed by atoms with Gasteiger partial charge in [0, 0.05) is 17.1 Å². The quantitative estimate of drug-likeness (QED) is 0.320. The molecule has 0 fully saturated rings. The maximum absolute atomic E-state index is 2.28. The SMILES string of the molecule is Cc1cc(C)cc(C=Cc2ccc(N(c3ccccc3)c3ccccc3)cc2)c1. The zero-order chi connectivity index (χ0) is 20.1. The fraction of sp³-hybridized carbons (Fsp3) is 0.0714. The van der Waals surface area contributed by atoms with Gasteiger partial charge in [0.2, 0.25) is 0 Å². The Bertz CT molecular complexity index is 1030. The summed E-state index contributed by atoms with van der Waals surface area (Å²) in [6.07, 6.45) is 4.36. The third-order valence-electron chi connectivity index (χ3n) is 4.89. The highest BCUT2D eigenvalue weighted by molar-refractivity contribution is 5.78. The van der Waals surface area contributed by atoms with Crippen LogP contribution in [0, 0.1) is 13.8 Å². The van der Waals surface area contributed by atoms with E-state index in [1.165, 1.54) is 22.3 Å². The summed E-state index contributed by atoms with van der Waals surface area (Å²) >= 11 is 0. The molecule has 0 atom stereocenters. The van der Waals surface area contributed by atoms with E-state index >= 15 is 0 Å². The van der Waals surface area contributed by atoms with Crippen LogP contribution in [0.4, 0.5) is 17.1 Å². The molecule has 0 aliphatic heterocycles. The Morgan fingerprint density at radius 3 is 1.45 bits per heavy atom. The van der Waals surface area contributed by atoms with Crippen molar-refractivity contribution >= 4 is 29.2 Å². The molecule has 0 bridgehead atoms. The van der Waals surface area contributed by atoms with Crippen molar-refractivity contribution in [2.75, 3.05) is 4.90 Å². The Morgan fingerprint density at radius 1 is 0.483 bits per heavy atom. The van der Waals surface area contributed by atoms with Crippen LogP contribution in [-0.2, 0) is 0 Å². The van der Waals surface area contributed by atoms with E-state index in [1.807, 2.05) is 12.1 Å². The van der Waals surface area contributed by atoms with Crippen LogP contribution in [0.1, 0.15) is 22.3 Å². The van der Waals surface area contributed by atoms with Crippen LogP contribution in [0.5, 0.6) is 0 Å². The third kappa shape index (κ3) is 4.64. The van der Waals surface area contributed by atoms with Gasteiger partial charge >= 0.3 is 0 Å². The number of nitrogens with zero attached hydrogens (tertiary/aromatic N) is 1. The van der Waals surface area contributed by atoms with Gasteiger partial charge in [0.1, 0.15) is 0 Å². The number of aryl methyl sites for hydroxylation is 2. The van der Waals surface area contributed by atoms with Crippen LogP contribution in [0.2, 0.25) is 0 Å². The normalized spacial score (nSPS) is 11.0. The van der Waals surface area contributed by atoms with Gasteiger partial charge in [-0.05, 0) is 61.4 Å². The van der Waals surface area contributed by atoms with Crippen molar-refractivity contribution in [1.82, 2.24) is 0 Å². The van der Waals surface area contributed by atoms with Crippen molar-refractivity contribution in [1.29, 1.82) is 0 Å². The maximum Gasteiger partial charge on any atom is 0.0462 e. The molecule has 29 heavy (non-hydrogen) atoms. The van der Waals surface area contributed by atoms with Crippen molar-refractivity contribution in [2.24, 2.45) is 0 Å². The first kappa shape index (κ1) is 18.8. The van der Waals surface area contributed by atoms with Crippen LogP contribution >= 0.6 is 0 Å². The van der Waals surface area contributed by atoms with E-state index in [2.05, 4.69) is 122 Å². The van der Waals surface area contributed by atoms with E-state index in [-0.39, 0.29) is 0 Å². The van der Waals surface area contributed by atoms with Gasteiger partial charge in [-0.15, -0.1) is 0 Å². The Balaban J connectivity index is 1.63. The van der Waals surface area contributed by atoms with Gasteiger partial charge in [0.25, 0.3) is 0 Å². The Hall–Kier alpha value is -3.58. The van der Waals surface area contributed by atoms with Crippen molar-refractivity contribution in [3.05, 3.63) is 125 Å². The molecule has 0 heterocycles. The van der Waals surface area contributed by atoms with Gasteiger partial charge in [0.15, 0.2) is 0 Å². The fourth-order valence-corrected chi connectivity index (χ4v) is 3.63. The summed E-state index contributed by atoms with van der Waals surface area (Å²) in [4.78, 5) is 2.28. The first-order valence-electron chi connectivity index (χ1n) is 9.96. The van der Waals surface area contributed by atoms with Crippen LogP contribution < -0.4 is 4.90 Å². The molecule has 0 N–H and O–H groups in total. The number of hydrogen-bond donors (Lipinski definition) is 0. The number of hydrogen-bond acceptors (Lipinski definition) is 1. The van der Waals surface area contributed by atoms with Gasteiger partial charge in [-0.3, -0.25) is 0 Å². The highest BCUT2D eigenvalue weighted by Crippen LogP contribution is 2.34. The summed E-state index contributed by atoms with van der Waals surface area (Å²) in [5.74, 6) is 0. The Kier molecular flexibility index (Phi) is 5.58. The molecule has 0 saturated heterocycles. The summed E-state index contributed by atoms with van der Waals surface area (Å²) in [6.45, 7) is 4.28. The average molecular weight is 376 g/mol. The van der Waals surface area contributed by atoms with Gasteiger partial charge < -0.3 is 4.90 Å². The summed E-state index contributed by atoms with van der Waals surface area (Å²) in [5.41, 5.74) is 8.46. The molecule has 1 nitrogen and oxygen atoms in total. The molecular weight excluding hydrogens is 350 g/mol. The van der Waals surface area contributed by atoms with E-state index in [0.29, 0.717) is 0 Å². The predicted molar refractivity (Wildman–Crippen MR) is 126 cm³/mol. The largest absolute Gasteiger partial charge is 0.311 e. The molecular formula is C28H25N. The summed E-state index contributed by atoms with van der Waals surface area (Å²) in [7, 11) is 0. The zero-order valence-corrected chi connectivity index (χ0v) is 16.9. The second kappa shape index (κ2) is 8.62. The molecule has 0 aliphatic rings.